The number of morpholine rings is 1. The van der Waals surface area contributed by atoms with E-state index in [0.717, 1.165) is 31.1 Å². The molecule has 1 fully saturated rings. The molecule has 3 rings (SSSR count). The minimum Gasteiger partial charge on any atom is -0.373 e. The summed E-state index contributed by atoms with van der Waals surface area (Å²) in [4.78, 5) is 15.2. The van der Waals surface area contributed by atoms with E-state index >= 15 is 0 Å². The van der Waals surface area contributed by atoms with E-state index in [1.807, 2.05) is 13.1 Å². The van der Waals surface area contributed by atoms with E-state index < -0.39 is 0 Å². The molecule has 0 aliphatic carbocycles. The van der Waals surface area contributed by atoms with Crippen LogP contribution < -0.4 is 5.32 Å². The molecule has 21 heavy (non-hydrogen) atoms. The van der Waals surface area contributed by atoms with Crippen molar-refractivity contribution in [2.75, 3.05) is 32.1 Å². The van der Waals surface area contributed by atoms with Crippen LogP contribution in [0.15, 0.2) is 36.9 Å². The van der Waals surface area contributed by atoms with Crippen LogP contribution in [-0.2, 0) is 11.3 Å². The summed E-state index contributed by atoms with van der Waals surface area (Å²) < 4.78 is 5.81. The summed E-state index contributed by atoms with van der Waals surface area (Å²) in [5.41, 5.74) is 2.09. The molecular formula is C15H19N5O. The van der Waals surface area contributed by atoms with Crippen LogP contribution in [0.2, 0.25) is 0 Å². The predicted octanol–water partition coefficient (Wildman–Crippen LogP) is 1.49. The van der Waals surface area contributed by atoms with Crippen LogP contribution in [-0.4, -0.2) is 46.6 Å². The fourth-order valence-electron chi connectivity index (χ4n) is 2.53. The molecule has 0 saturated carbocycles. The summed E-state index contributed by atoms with van der Waals surface area (Å²) in [5.74, 6) is 0.931. The fourth-order valence-corrected chi connectivity index (χ4v) is 2.53. The molecule has 2 aromatic rings. The third-order valence-electron chi connectivity index (χ3n) is 3.59. The number of hydrogen-bond donors (Lipinski definition) is 1. The Labute approximate surface area is 124 Å². The number of ether oxygens (including phenoxy) is 1. The summed E-state index contributed by atoms with van der Waals surface area (Å²) in [5, 5.41) is 3.14. The minimum atomic E-state index is -0.0119. The van der Waals surface area contributed by atoms with Gasteiger partial charge in [0.25, 0.3) is 0 Å². The first-order chi connectivity index (χ1) is 10.4. The highest BCUT2D eigenvalue weighted by Crippen LogP contribution is 2.22. The van der Waals surface area contributed by atoms with Gasteiger partial charge in [0.15, 0.2) is 0 Å². The Morgan fingerprint density at radius 1 is 1.33 bits per heavy atom. The highest BCUT2D eigenvalue weighted by molar-refractivity contribution is 5.42. The maximum absolute atomic E-state index is 5.81. The lowest BCUT2D eigenvalue weighted by atomic mass is 10.1. The SMILES string of the molecule is CNc1ncccc1CN1CCO[C@@H](c2cnccn2)C1. The molecule has 0 unspecified atom stereocenters. The molecule has 6 nitrogen and oxygen atoms in total. The first-order valence-corrected chi connectivity index (χ1v) is 7.08. The first kappa shape index (κ1) is 13.9. The summed E-state index contributed by atoms with van der Waals surface area (Å²) >= 11 is 0. The van der Waals surface area contributed by atoms with Crippen molar-refractivity contribution in [1.82, 2.24) is 19.9 Å². The third kappa shape index (κ3) is 3.34. The Balaban J connectivity index is 1.69. The van der Waals surface area contributed by atoms with Crippen molar-refractivity contribution in [1.29, 1.82) is 0 Å². The number of hydrogen-bond acceptors (Lipinski definition) is 6. The summed E-state index contributed by atoms with van der Waals surface area (Å²) in [6, 6.07) is 4.07. The van der Waals surface area contributed by atoms with E-state index in [0.29, 0.717) is 6.61 Å². The molecule has 1 saturated heterocycles. The van der Waals surface area contributed by atoms with Gasteiger partial charge in [0.2, 0.25) is 0 Å². The highest BCUT2D eigenvalue weighted by atomic mass is 16.5. The van der Waals surface area contributed by atoms with Crippen LogP contribution in [0.4, 0.5) is 5.82 Å². The first-order valence-electron chi connectivity index (χ1n) is 7.08. The monoisotopic (exact) mass is 285 g/mol. The van der Waals surface area contributed by atoms with E-state index in [2.05, 4.69) is 31.2 Å². The maximum Gasteiger partial charge on any atom is 0.130 e. The van der Waals surface area contributed by atoms with Gasteiger partial charge in [0.1, 0.15) is 11.9 Å². The fraction of sp³-hybridized carbons (Fsp3) is 0.400. The predicted molar refractivity (Wildman–Crippen MR) is 79.8 cm³/mol. The van der Waals surface area contributed by atoms with Gasteiger partial charge in [0.05, 0.1) is 18.5 Å². The van der Waals surface area contributed by atoms with Gasteiger partial charge in [-0.05, 0) is 6.07 Å². The van der Waals surface area contributed by atoms with Crippen molar-refractivity contribution in [2.24, 2.45) is 0 Å². The zero-order valence-electron chi connectivity index (χ0n) is 12.1. The number of nitrogens with one attached hydrogen (secondary N) is 1. The Morgan fingerprint density at radius 2 is 2.29 bits per heavy atom. The second-order valence-electron chi connectivity index (χ2n) is 4.99. The van der Waals surface area contributed by atoms with E-state index in [1.54, 1.807) is 24.8 Å². The van der Waals surface area contributed by atoms with E-state index in [1.165, 1.54) is 5.56 Å². The smallest absolute Gasteiger partial charge is 0.130 e. The average Bonchev–Trinajstić information content (AvgIpc) is 2.56. The zero-order chi connectivity index (χ0) is 14.5. The molecule has 0 spiro atoms. The largest absolute Gasteiger partial charge is 0.373 e. The Morgan fingerprint density at radius 3 is 3.10 bits per heavy atom. The molecule has 0 radical (unpaired) electrons. The lowest BCUT2D eigenvalue weighted by Crippen LogP contribution is -2.38. The quantitative estimate of drug-likeness (QED) is 0.918. The van der Waals surface area contributed by atoms with E-state index in [4.69, 9.17) is 4.74 Å². The molecule has 1 atom stereocenters. The summed E-state index contributed by atoms with van der Waals surface area (Å²) in [6.45, 7) is 3.28. The molecule has 1 N–H and O–H groups in total. The standard InChI is InChI=1S/C15H19N5O/c1-16-15-12(3-2-4-19-15)10-20-7-8-21-14(11-20)13-9-17-5-6-18-13/h2-6,9,14H,7-8,10-11H2,1H3,(H,16,19)/t14-/m1/s1. The highest BCUT2D eigenvalue weighted by Gasteiger charge is 2.23. The number of nitrogens with zero attached hydrogens (tertiary/aromatic N) is 4. The number of anilines is 1. The van der Waals surface area contributed by atoms with Crippen molar-refractivity contribution in [2.45, 2.75) is 12.6 Å². The van der Waals surface area contributed by atoms with E-state index in [9.17, 15) is 0 Å². The van der Waals surface area contributed by atoms with Crippen molar-refractivity contribution in [3.05, 3.63) is 48.2 Å². The minimum absolute atomic E-state index is 0.0119. The third-order valence-corrected chi connectivity index (χ3v) is 3.59. The summed E-state index contributed by atoms with van der Waals surface area (Å²) in [7, 11) is 1.90. The lowest BCUT2D eigenvalue weighted by Gasteiger charge is -2.32. The molecule has 1 aliphatic heterocycles. The van der Waals surface area contributed by atoms with Crippen LogP contribution in [0.5, 0.6) is 0 Å². The van der Waals surface area contributed by atoms with Crippen molar-refractivity contribution in [3.8, 4) is 0 Å². The van der Waals surface area contributed by atoms with Gasteiger partial charge in [-0.25, -0.2) is 4.98 Å². The van der Waals surface area contributed by atoms with Crippen LogP contribution in [0.1, 0.15) is 17.4 Å². The normalized spacial score (nSPS) is 19.4. The molecule has 2 aromatic heterocycles. The second kappa shape index (κ2) is 6.60. The van der Waals surface area contributed by atoms with Crippen LogP contribution in [0.25, 0.3) is 0 Å². The average molecular weight is 285 g/mol. The van der Waals surface area contributed by atoms with Crippen LogP contribution >= 0.6 is 0 Å². The van der Waals surface area contributed by atoms with Crippen LogP contribution in [0, 0.1) is 0 Å². The molecular weight excluding hydrogens is 266 g/mol. The molecule has 0 aromatic carbocycles. The van der Waals surface area contributed by atoms with Gasteiger partial charge in [0, 0.05) is 50.8 Å². The molecule has 1 aliphatic rings. The molecule has 110 valence electrons. The van der Waals surface area contributed by atoms with Gasteiger partial charge in [-0.1, -0.05) is 6.07 Å². The number of pyridine rings is 1. The van der Waals surface area contributed by atoms with Gasteiger partial charge in [-0.15, -0.1) is 0 Å². The molecule has 0 bridgehead atoms. The lowest BCUT2D eigenvalue weighted by molar-refractivity contribution is -0.0351. The molecule has 3 heterocycles. The van der Waals surface area contributed by atoms with Gasteiger partial charge < -0.3 is 10.1 Å². The van der Waals surface area contributed by atoms with Crippen LogP contribution in [0.3, 0.4) is 0 Å². The van der Waals surface area contributed by atoms with Gasteiger partial charge in [-0.3, -0.25) is 14.9 Å². The maximum atomic E-state index is 5.81. The Bertz CT molecular complexity index is 577. The van der Waals surface area contributed by atoms with Crippen molar-refractivity contribution >= 4 is 5.82 Å². The van der Waals surface area contributed by atoms with Gasteiger partial charge >= 0.3 is 0 Å². The van der Waals surface area contributed by atoms with Gasteiger partial charge in [-0.2, -0.15) is 0 Å². The molecule has 6 heteroatoms. The Kier molecular flexibility index (Phi) is 4.37. The summed E-state index contributed by atoms with van der Waals surface area (Å²) in [6.07, 6.45) is 6.95. The van der Waals surface area contributed by atoms with Crippen molar-refractivity contribution < 1.29 is 4.74 Å². The topological polar surface area (TPSA) is 63.2 Å². The zero-order valence-corrected chi connectivity index (χ0v) is 12.1. The number of rotatable bonds is 4. The van der Waals surface area contributed by atoms with Crippen molar-refractivity contribution in [3.63, 3.8) is 0 Å². The molecule has 0 amide bonds. The Hall–Kier alpha value is -2.05. The van der Waals surface area contributed by atoms with E-state index in [-0.39, 0.29) is 6.10 Å². The second-order valence-corrected chi connectivity index (χ2v) is 4.99. The number of aromatic nitrogens is 3.